The van der Waals surface area contributed by atoms with Crippen molar-refractivity contribution >= 4 is 23.2 Å². The van der Waals surface area contributed by atoms with Crippen molar-refractivity contribution < 1.29 is 13.9 Å². The van der Waals surface area contributed by atoms with Crippen LogP contribution in [0.3, 0.4) is 0 Å². The number of H-pyrrole nitrogens is 1. The maximum Gasteiger partial charge on any atom is 0.270 e. The van der Waals surface area contributed by atoms with Crippen LogP contribution < -0.4 is 15.7 Å². The minimum Gasteiger partial charge on any atom is -0.488 e. The van der Waals surface area contributed by atoms with Gasteiger partial charge in [-0.2, -0.15) is 5.10 Å². The van der Waals surface area contributed by atoms with Crippen molar-refractivity contribution in [1.82, 2.24) is 15.4 Å². The number of carbonyl (C=O) groups is 1. The number of aromatic amines is 1. The Balaban J connectivity index is 1.34. The Bertz CT molecular complexity index is 1370. The van der Waals surface area contributed by atoms with Crippen molar-refractivity contribution in [2.75, 3.05) is 0 Å². The number of amides is 1. The van der Waals surface area contributed by atoms with Crippen LogP contribution in [0.15, 0.2) is 82.7 Å². The highest BCUT2D eigenvalue weighted by molar-refractivity contribution is 5.85. The molecule has 4 rings (SSSR count). The summed E-state index contributed by atoms with van der Waals surface area (Å²) >= 11 is 0. The lowest BCUT2D eigenvalue weighted by molar-refractivity contribution is -0.121. The molecule has 8 heteroatoms. The molecule has 0 aliphatic heterocycles. The van der Waals surface area contributed by atoms with Gasteiger partial charge in [0.2, 0.25) is 5.91 Å². The summed E-state index contributed by atoms with van der Waals surface area (Å²) in [7, 11) is 0. The number of hydrogen-bond acceptors (Lipinski definition) is 5. The monoisotopic (exact) mass is 444 g/mol. The lowest BCUT2D eigenvalue weighted by Crippen LogP contribution is -2.21. The zero-order valence-electron chi connectivity index (χ0n) is 17.6. The molecule has 0 spiro atoms. The van der Waals surface area contributed by atoms with E-state index in [1.54, 1.807) is 54.6 Å². The van der Waals surface area contributed by atoms with E-state index in [4.69, 9.17) is 4.74 Å². The number of aromatic nitrogens is 2. The van der Waals surface area contributed by atoms with Crippen LogP contribution in [0.5, 0.6) is 5.75 Å². The molecule has 0 bridgehead atoms. The number of hydrogen-bond donors (Lipinski definition) is 2. The lowest BCUT2D eigenvalue weighted by atomic mass is 10.2. The van der Waals surface area contributed by atoms with E-state index in [1.807, 2.05) is 12.1 Å². The van der Waals surface area contributed by atoms with Crippen LogP contribution in [0.2, 0.25) is 0 Å². The Morgan fingerprint density at radius 3 is 2.70 bits per heavy atom. The molecule has 1 heterocycles. The van der Waals surface area contributed by atoms with Gasteiger partial charge in [-0.3, -0.25) is 9.59 Å². The van der Waals surface area contributed by atoms with Crippen LogP contribution in [0.4, 0.5) is 4.39 Å². The van der Waals surface area contributed by atoms with Gasteiger partial charge in [0.05, 0.1) is 17.2 Å². The summed E-state index contributed by atoms with van der Waals surface area (Å²) in [6, 6.07) is 20.7. The second kappa shape index (κ2) is 10.3. The second-order valence-corrected chi connectivity index (χ2v) is 7.24. The zero-order valence-corrected chi connectivity index (χ0v) is 17.6. The molecule has 1 aromatic heterocycles. The summed E-state index contributed by atoms with van der Waals surface area (Å²) in [4.78, 5) is 31.4. The number of fused-ring (bicyclic) bond motifs is 1. The molecule has 0 unspecified atom stereocenters. The first-order chi connectivity index (χ1) is 16.1. The molecule has 0 aliphatic carbocycles. The minimum absolute atomic E-state index is 0.0528. The molecule has 0 saturated heterocycles. The third-order valence-electron chi connectivity index (χ3n) is 4.91. The highest BCUT2D eigenvalue weighted by Crippen LogP contribution is 2.18. The Hall–Kier alpha value is -4.33. The molecule has 7 nitrogen and oxygen atoms in total. The maximum absolute atomic E-state index is 13.8. The van der Waals surface area contributed by atoms with Crippen LogP contribution in [0, 0.1) is 5.82 Å². The van der Waals surface area contributed by atoms with Crippen molar-refractivity contribution in [2.45, 2.75) is 19.4 Å². The molecule has 2 N–H and O–H groups in total. The summed E-state index contributed by atoms with van der Waals surface area (Å²) in [6.45, 7) is 0.0667. The Morgan fingerprint density at radius 2 is 1.82 bits per heavy atom. The standard InChI is InChI=1S/C25H21FN4O3/c26-19-9-3-1-8-18(19)16-33-23-12-6-2-7-17(23)15-27-30-24(31)14-13-22-25(32)29-21-11-5-4-10-20(21)28-22/h1-12,15H,13-14,16H2,(H,29,32)(H,30,31)/b27-15+. The Kier molecular flexibility index (Phi) is 6.84. The third-order valence-corrected chi connectivity index (χ3v) is 4.91. The summed E-state index contributed by atoms with van der Waals surface area (Å²) in [5.74, 6) is -0.188. The number of hydrazone groups is 1. The predicted octanol–water partition coefficient (Wildman–Crippen LogP) is 3.72. The predicted molar refractivity (Wildman–Crippen MR) is 124 cm³/mol. The zero-order chi connectivity index (χ0) is 23.0. The van der Waals surface area contributed by atoms with Crippen molar-refractivity contribution in [3.8, 4) is 5.75 Å². The van der Waals surface area contributed by atoms with Crippen molar-refractivity contribution in [3.05, 3.63) is 106 Å². The van der Waals surface area contributed by atoms with E-state index in [0.717, 1.165) is 0 Å². The van der Waals surface area contributed by atoms with Crippen LogP contribution in [-0.4, -0.2) is 22.1 Å². The van der Waals surface area contributed by atoms with Gasteiger partial charge in [-0.15, -0.1) is 0 Å². The highest BCUT2D eigenvalue weighted by atomic mass is 19.1. The largest absolute Gasteiger partial charge is 0.488 e. The first kappa shape index (κ1) is 21.9. The third kappa shape index (κ3) is 5.68. The highest BCUT2D eigenvalue weighted by Gasteiger charge is 2.08. The first-order valence-electron chi connectivity index (χ1n) is 10.4. The number of nitrogens with zero attached hydrogens (tertiary/aromatic N) is 2. The van der Waals surface area contributed by atoms with Crippen molar-refractivity contribution in [3.63, 3.8) is 0 Å². The number of carbonyl (C=O) groups excluding carboxylic acids is 1. The number of rotatable bonds is 8. The average Bonchev–Trinajstić information content (AvgIpc) is 2.83. The van der Waals surface area contributed by atoms with E-state index in [0.29, 0.717) is 33.6 Å². The van der Waals surface area contributed by atoms with Gasteiger partial charge in [-0.25, -0.2) is 14.8 Å². The van der Waals surface area contributed by atoms with Crippen molar-refractivity contribution in [2.24, 2.45) is 5.10 Å². The summed E-state index contributed by atoms with van der Waals surface area (Å²) < 4.78 is 19.5. The van der Waals surface area contributed by atoms with Gasteiger partial charge >= 0.3 is 0 Å². The van der Waals surface area contributed by atoms with E-state index in [-0.39, 0.29) is 36.7 Å². The molecule has 0 aliphatic rings. The molecular formula is C25H21FN4O3. The SMILES string of the molecule is O=C(CCc1nc2ccccc2[nH]c1=O)N/N=C/c1ccccc1OCc1ccccc1F. The number of aryl methyl sites for hydroxylation is 1. The number of para-hydroxylation sites is 3. The molecule has 0 saturated carbocycles. The molecular weight excluding hydrogens is 423 g/mol. The summed E-state index contributed by atoms with van der Waals surface area (Å²) in [6.07, 6.45) is 1.69. The smallest absolute Gasteiger partial charge is 0.270 e. The molecule has 4 aromatic rings. The normalized spacial score (nSPS) is 11.1. The molecule has 0 radical (unpaired) electrons. The number of nitrogens with one attached hydrogen (secondary N) is 2. The summed E-state index contributed by atoms with van der Waals surface area (Å²) in [5, 5.41) is 3.97. The van der Waals surface area contributed by atoms with E-state index < -0.39 is 0 Å². The van der Waals surface area contributed by atoms with Crippen LogP contribution in [0.25, 0.3) is 11.0 Å². The van der Waals surface area contributed by atoms with Crippen LogP contribution in [0.1, 0.15) is 23.2 Å². The van der Waals surface area contributed by atoms with E-state index in [2.05, 4.69) is 20.5 Å². The van der Waals surface area contributed by atoms with Crippen LogP contribution in [-0.2, 0) is 17.8 Å². The number of halogens is 1. The quantitative estimate of drug-likeness (QED) is 0.320. The number of benzene rings is 3. The maximum atomic E-state index is 13.8. The second-order valence-electron chi connectivity index (χ2n) is 7.24. The van der Waals surface area contributed by atoms with E-state index in [1.165, 1.54) is 12.3 Å². The molecule has 0 atom stereocenters. The fourth-order valence-electron chi connectivity index (χ4n) is 3.19. The molecule has 1 amide bonds. The fourth-order valence-corrected chi connectivity index (χ4v) is 3.19. The Morgan fingerprint density at radius 1 is 1.06 bits per heavy atom. The molecule has 166 valence electrons. The first-order valence-corrected chi connectivity index (χ1v) is 10.4. The van der Waals surface area contributed by atoms with Gasteiger partial charge in [0.15, 0.2) is 0 Å². The topological polar surface area (TPSA) is 96.4 Å². The number of ether oxygens (including phenoxy) is 1. The van der Waals surface area contributed by atoms with Gasteiger partial charge in [-0.1, -0.05) is 42.5 Å². The average molecular weight is 444 g/mol. The van der Waals surface area contributed by atoms with Gasteiger partial charge < -0.3 is 9.72 Å². The Labute approximate surface area is 189 Å². The van der Waals surface area contributed by atoms with Gasteiger partial charge in [0.25, 0.3) is 5.56 Å². The van der Waals surface area contributed by atoms with Gasteiger partial charge in [0.1, 0.15) is 23.9 Å². The summed E-state index contributed by atoms with van der Waals surface area (Å²) in [5.41, 5.74) is 4.80. The van der Waals surface area contributed by atoms with E-state index >= 15 is 0 Å². The molecule has 0 fully saturated rings. The van der Waals surface area contributed by atoms with Crippen LogP contribution >= 0.6 is 0 Å². The van der Waals surface area contributed by atoms with E-state index in [9.17, 15) is 14.0 Å². The fraction of sp³-hybridized carbons (Fsp3) is 0.120. The van der Waals surface area contributed by atoms with Gasteiger partial charge in [0, 0.05) is 24.0 Å². The lowest BCUT2D eigenvalue weighted by Gasteiger charge is -2.09. The minimum atomic E-state index is -0.356. The van der Waals surface area contributed by atoms with Crippen molar-refractivity contribution in [1.29, 1.82) is 0 Å². The molecule has 3 aromatic carbocycles. The molecule has 33 heavy (non-hydrogen) atoms. The van der Waals surface area contributed by atoms with Gasteiger partial charge in [-0.05, 0) is 30.3 Å².